The van der Waals surface area contributed by atoms with Crippen molar-refractivity contribution in [2.75, 3.05) is 25.6 Å². The Labute approximate surface area is 411 Å². The highest BCUT2D eigenvalue weighted by Gasteiger charge is 2.36. The van der Waals surface area contributed by atoms with Gasteiger partial charge in [0.2, 0.25) is 59.1 Å². The first kappa shape index (κ1) is 57.3. The number of aromatic nitrogens is 3. The van der Waals surface area contributed by atoms with Crippen LogP contribution in [0, 0.1) is 11.8 Å². The van der Waals surface area contributed by atoms with Crippen LogP contribution in [0.1, 0.15) is 78.5 Å². The second kappa shape index (κ2) is 27.9. The van der Waals surface area contributed by atoms with Crippen molar-refractivity contribution in [2.24, 2.45) is 23.3 Å². The number of carbonyl (C=O) groups excluding carboxylic acids is 10. The number of carbonyl (C=O) groups is 10. The summed E-state index contributed by atoms with van der Waals surface area (Å²) in [5, 5.41) is 19.0. The molecule has 0 aliphatic carbocycles. The van der Waals surface area contributed by atoms with E-state index in [-0.39, 0.29) is 44.4 Å². The Balaban J connectivity index is 1.75. The lowest BCUT2D eigenvalue weighted by Gasteiger charge is -2.32. The van der Waals surface area contributed by atoms with Crippen LogP contribution in [0.5, 0.6) is 0 Å². The molecule has 0 fully saturated rings. The average Bonchev–Trinajstić information content (AvgIpc) is 3.96. The highest BCUT2D eigenvalue weighted by atomic mass is 32.2. The highest BCUT2D eigenvalue weighted by molar-refractivity contribution is 7.98. The Morgan fingerprint density at radius 3 is 1.94 bits per heavy atom. The molecule has 70 heavy (non-hydrogen) atoms. The van der Waals surface area contributed by atoms with Gasteiger partial charge in [-0.3, -0.25) is 47.9 Å². The van der Waals surface area contributed by atoms with E-state index in [9.17, 15) is 47.9 Å². The molecule has 3 aromatic rings. The average molecular weight is 996 g/mol. The number of likely N-dealkylation sites (N-methyl/N-ethyl adjacent to an activating group) is 1. The minimum atomic E-state index is -1.29. The molecule has 0 unspecified atom stereocenters. The number of aromatic amines is 2. The number of imidazole rings is 1. The third-order valence-corrected chi connectivity index (χ3v) is 11.8. The normalized spacial score (nSPS) is 14.2. The minimum absolute atomic E-state index is 0.0475. The molecule has 0 spiro atoms. The first-order valence-electron chi connectivity index (χ1n) is 22.9. The predicted octanol–water partition coefficient (Wildman–Crippen LogP) is -1.23. The molecule has 0 bridgehead atoms. The molecule has 0 aliphatic heterocycles. The summed E-state index contributed by atoms with van der Waals surface area (Å²) in [6.07, 6.45) is 6.36. The smallest absolute Gasteiger partial charge is 0.245 e. The van der Waals surface area contributed by atoms with E-state index in [1.165, 1.54) is 45.2 Å². The number of primary amides is 2. The second-order valence-corrected chi connectivity index (χ2v) is 18.8. The number of hydrogen-bond donors (Lipinski definition) is 11. The van der Waals surface area contributed by atoms with Crippen LogP contribution in [-0.2, 0) is 60.8 Å². The quantitative estimate of drug-likeness (QED) is 0.0390. The van der Waals surface area contributed by atoms with E-state index >= 15 is 0 Å². The molecule has 23 nitrogen and oxygen atoms in total. The maximum Gasteiger partial charge on any atom is 0.245 e. The number of para-hydroxylation sites is 1. The first-order valence-corrected chi connectivity index (χ1v) is 24.3. The van der Waals surface area contributed by atoms with Gasteiger partial charge < -0.3 is 63.6 Å². The van der Waals surface area contributed by atoms with Gasteiger partial charge in [-0.05, 0) is 61.7 Å². The topological polar surface area (TPSA) is 355 Å². The number of rotatable bonds is 29. The van der Waals surface area contributed by atoms with Gasteiger partial charge in [0, 0.05) is 62.2 Å². The molecule has 0 aliphatic rings. The molecule has 0 radical (unpaired) electrons. The van der Waals surface area contributed by atoms with Gasteiger partial charge in [0.25, 0.3) is 0 Å². The fraction of sp³-hybridized carbons (Fsp3) is 0.543. The summed E-state index contributed by atoms with van der Waals surface area (Å²) in [6, 6.07) is -0.947. The minimum Gasteiger partial charge on any atom is -0.370 e. The fourth-order valence-corrected chi connectivity index (χ4v) is 8.13. The summed E-state index contributed by atoms with van der Waals surface area (Å²) in [6.45, 7) is 9.02. The van der Waals surface area contributed by atoms with Crippen molar-refractivity contribution in [2.45, 2.75) is 122 Å². The summed E-state index contributed by atoms with van der Waals surface area (Å²) in [5.74, 6) is -7.09. The number of fused-ring (bicyclic) bond motifs is 1. The van der Waals surface area contributed by atoms with Crippen LogP contribution in [0.4, 0.5) is 0 Å². The highest BCUT2D eigenvalue weighted by Crippen LogP contribution is 2.20. The third-order valence-electron chi connectivity index (χ3n) is 11.2. The molecule has 2 heterocycles. The third kappa shape index (κ3) is 18.2. The van der Waals surface area contributed by atoms with Crippen LogP contribution >= 0.6 is 11.8 Å². The molecule has 7 atom stereocenters. The van der Waals surface area contributed by atoms with Crippen molar-refractivity contribution in [1.82, 2.24) is 57.1 Å². The van der Waals surface area contributed by atoms with Crippen molar-refractivity contribution in [1.29, 1.82) is 0 Å². The number of nitrogens with one attached hydrogen (secondary N) is 9. The Bertz CT molecular complexity index is 2300. The number of thioether (sulfide) groups is 1. The second-order valence-electron chi connectivity index (χ2n) is 17.8. The molecular formula is C46H69N13O10S. The van der Waals surface area contributed by atoms with E-state index in [0.717, 1.165) is 15.8 Å². The lowest BCUT2D eigenvalue weighted by Crippen LogP contribution is -2.59. The van der Waals surface area contributed by atoms with Gasteiger partial charge in [0.05, 0.1) is 12.9 Å². The van der Waals surface area contributed by atoms with Gasteiger partial charge in [-0.15, -0.1) is 0 Å². The summed E-state index contributed by atoms with van der Waals surface area (Å²) in [5.41, 5.74) is 12.7. The summed E-state index contributed by atoms with van der Waals surface area (Å²) in [7, 11) is 1.36. The van der Waals surface area contributed by atoms with Crippen molar-refractivity contribution in [3.63, 3.8) is 0 Å². The lowest BCUT2D eigenvalue weighted by molar-refractivity contribution is -0.143. The van der Waals surface area contributed by atoms with Crippen LogP contribution in [0.2, 0.25) is 0 Å². The number of benzene rings is 1. The number of nitrogens with zero attached hydrogens (tertiary/aromatic N) is 2. The van der Waals surface area contributed by atoms with E-state index in [2.05, 4.69) is 52.2 Å². The zero-order valence-corrected chi connectivity index (χ0v) is 41.8. The zero-order valence-electron chi connectivity index (χ0n) is 40.9. The first-order chi connectivity index (χ1) is 33.0. The van der Waals surface area contributed by atoms with Crippen molar-refractivity contribution in [3.8, 4) is 0 Å². The van der Waals surface area contributed by atoms with Crippen molar-refractivity contribution < 1.29 is 47.9 Å². The zero-order chi connectivity index (χ0) is 52.2. The van der Waals surface area contributed by atoms with Crippen LogP contribution < -0.4 is 48.7 Å². The molecule has 10 amide bonds. The van der Waals surface area contributed by atoms with E-state index in [0.29, 0.717) is 17.0 Å². The predicted molar refractivity (Wildman–Crippen MR) is 262 cm³/mol. The van der Waals surface area contributed by atoms with Crippen molar-refractivity contribution in [3.05, 3.63) is 54.2 Å². The summed E-state index contributed by atoms with van der Waals surface area (Å²) in [4.78, 5) is 143. The number of amides is 10. The van der Waals surface area contributed by atoms with Gasteiger partial charge >= 0.3 is 0 Å². The molecule has 0 saturated heterocycles. The molecule has 2 aromatic heterocycles. The number of nitrogens with two attached hydrogens (primary N) is 2. The van der Waals surface area contributed by atoms with E-state index in [1.54, 1.807) is 26.1 Å². The monoisotopic (exact) mass is 996 g/mol. The number of H-pyrrole nitrogens is 2. The molecule has 0 saturated carbocycles. The Morgan fingerprint density at radius 2 is 1.34 bits per heavy atom. The van der Waals surface area contributed by atoms with Crippen LogP contribution in [0.15, 0.2) is 43.0 Å². The largest absolute Gasteiger partial charge is 0.370 e. The SMILES string of the molecule is CSCC[C@H](NC(=O)[C@H](CC(C)C)NC(=O)[C@H](Cc1cnc[nH]1)NC(=O)CNC(=O)[C@H](C(C)C)N(C)C(=O)[C@H](C)NC(=O)[C@H](Cc1c[nH]c2ccccc12)NC(=O)[C@H](CCC(N)=O)NC(C)=O)C(N)=O. The van der Waals surface area contributed by atoms with Gasteiger partial charge in [-0.25, -0.2) is 4.98 Å². The maximum atomic E-state index is 14.0. The van der Waals surface area contributed by atoms with Crippen LogP contribution in [0.25, 0.3) is 10.9 Å². The molecule has 13 N–H and O–H groups in total. The molecule has 24 heteroatoms. The summed E-state index contributed by atoms with van der Waals surface area (Å²) < 4.78 is 0. The van der Waals surface area contributed by atoms with Crippen LogP contribution in [0.3, 0.4) is 0 Å². The van der Waals surface area contributed by atoms with Gasteiger partial charge in [0.1, 0.15) is 42.3 Å². The molecule has 3 rings (SSSR count). The van der Waals surface area contributed by atoms with Gasteiger partial charge in [-0.1, -0.05) is 45.9 Å². The molecule has 1 aromatic carbocycles. The Kier molecular flexibility index (Phi) is 22.8. The van der Waals surface area contributed by atoms with E-state index < -0.39 is 114 Å². The van der Waals surface area contributed by atoms with Gasteiger partial charge in [-0.2, -0.15) is 11.8 Å². The molecular weight excluding hydrogens is 927 g/mol. The molecule has 384 valence electrons. The Morgan fingerprint density at radius 1 is 0.729 bits per heavy atom. The fourth-order valence-electron chi connectivity index (χ4n) is 7.66. The summed E-state index contributed by atoms with van der Waals surface area (Å²) >= 11 is 1.47. The van der Waals surface area contributed by atoms with Gasteiger partial charge in [0.15, 0.2) is 0 Å². The number of hydrogen-bond acceptors (Lipinski definition) is 12. The van der Waals surface area contributed by atoms with E-state index in [4.69, 9.17) is 11.5 Å². The standard InChI is InChI=1S/C46H69N13O10S/c1-24(2)17-34(43(66)56-32(40(48)63)15-16-70-8)57-44(67)36(19-29-21-49-23-52-29)55-38(62)22-51-45(68)39(25(3)4)59(7)46(69)26(5)53-42(65)35(18-28-20-50-31-12-10-9-11-30(28)31)58-41(64)33(54-27(6)60)13-14-37(47)61/h9-12,20-21,23-26,32-36,39,50H,13-19,22H2,1-8H3,(H2,47,61)(H2,48,63)(H,49,52)(H,51,68)(H,53,65)(H,54,60)(H,55,62)(H,56,66)(H,57,67)(H,58,64)/t26-,32-,33-,34-,35-,36-,39-/m0/s1. The maximum absolute atomic E-state index is 14.0. The van der Waals surface area contributed by atoms with Crippen LogP contribution in [-0.4, -0.2) is 147 Å². The van der Waals surface area contributed by atoms with E-state index in [1.807, 2.05) is 38.3 Å². The van der Waals surface area contributed by atoms with Crippen molar-refractivity contribution >= 4 is 81.7 Å². The Hall–Kier alpha value is -6.98. The lowest BCUT2D eigenvalue weighted by atomic mass is 10.0.